The number of hydrogen-bond donors (Lipinski definition) is 0. The highest BCUT2D eigenvalue weighted by atomic mass is 28.4. The summed E-state index contributed by atoms with van der Waals surface area (Å²) in [7, 11) is -4.87. The fraction of sp³-hybridized carbons (Fsp3) is 0.800. The number of carbonyl (C=O) groups is 1. The van der Waals surface area contributed by atoms with E-state index < -0.39 is 24.2 Å². The average molecular weight is 331 g/mol. The van der Waals surface area contributed by atoms with E-state index in [1.54, 1.807) is 0 Å². The molecule has 0 aromatic carbocycles. The van der Waals surface area contributed by atoms with Gasteiger partial charge in [-0.3, -0.25) is 0 Å². The maximum absolute atomic E-state index is 12.1. The molecule has 0 aliphatic carbocycles. The lowest BCUT2D eigenvalue weighted by atomic mass is 10.5. The summed E-state index contributed by atoms with van der Waals surface area (Å²) in [6.45, 7) is 27.1. The van der Waals surface area contributed by atoms with Crippen LogP contribution < -0.4 is 0 Å². The highest BCUT2D eigenvalue weighted by molar-refractivity contribution is 7.01. The van der Waals surface area contributed by atoms with Gasteiger partial charge in [-0.1, -0.05) is 72.4 Å². The smallest absolute Gasteiger partial charge is 0.330 e. The molecule has 0 aliphatic heterocycles. The molecule has 0 amide bonds. The zero-order valence-electron chi connectivity index (χ0n) is 15.2. The Labute approximate surface area is 129 Å². The minimum atomic E-state index is -1.72. The van der Waals surface area contributed by atoms with Gasteiger partial charge in [0.1, 0.15) is 0 Å². The van der Waals surface area contributed by atoms with Crippen molar-refractivity contribution in [3.63, 3.8) is 0 Å². The van der Waals surface area contributed by atoms with E-state index in [-0.39, 0.29) is 10.8 Å². The zero-order valence-corrected chi connectivity index (χ0v) is 18.2. The van der Waals surface area contributed by atoms with E-state index in [1.807, 2.05) is 0 Å². The summed E-state index contributed by atoms with van der Waals surface area (Å²) in [5, 5.41) is 0. The average Bonchev–Trinajstić information content (AvgIpc) is 2.19. The predicted molar refractivity (Wildman–Crippen MR) is 98.5 cm³/mol. The molecule has 0 radical (unpaired) electrons. The molecule has 2 nitrogen and oxygen atoms in total. The van der Waals surface area contributed by atoms with Crippen molar-refractivity contribution in [2.75, 3.05) is 0 Å². The van der Waals surface area contributed by atoms with Gasteiger partial charge in [0.2, 0.25) is 0 Å². The molecule has 0 fully saturated rings. The first-order valence-corrected chi connectivity index (χ1v) is 18.0. The number of hydrogen-bond acceptors (Lipinski definition) is 2. The van der Waals surface area contributed by atoms with E-state index in [0.717, 1.165) is 0 Å². The predicted octanol–water partition coefficient (Wildman–Crippen LogP) is 4.94. The van der Waals surface area contributed by atoms with Crippen LogP contribution in [-0.4, -0.2) is 35.0 Å². The van der Waals surface area contributed by atoms with Crippen molar-refractivity contribution in [3.05, 3.63) is 12.7 Å². The number of ether oxygens (including phenoxy) is 1. The topological polar surface area (TPSA) is 26.3 Å². The van der Waals surface area contributed by atoms with Crippen molar-refractivity contribution in [2.45, 2.75) is 76.2 Å². The third-order valence-corrected chi connectivity index (χ3v) is 18.2. The Balaban J connectivity index is 6.24. The second-order valence-electron chi connectivity index (χ2n) is 8.95. The standard InChI is InChI=1S/C15H34O2Si3/c1-12-14(16)17-15(19(6,7)8,20(9,10)11)13(2)18(3,4)5/h12-13H,1H2,2-11H3. The lowest BCUT2D eigenvalue weighted by Crippen LogP contribution is -2.73. The molecular weight excluding hydrogens is 296 g/mol. The van der Waals surface area contributed by atoms with E-state index >= 15 is 0 Å². The van der Waals surface area contributed by atoms with Crippen LogP contribution >= 0.6 is 0 Å². The number of carbonyl (C=O) groups excluding carboxylic acids is 1. The Morgan fingerprint density at radius 3 is 1.55 bits per heavy atom. The van der Waals surface area contributed by atoms with Crippen LogP contribution in [0.4, 0.5) is 0 Å². The summed E-state index contributed by atoms with van der Waals surface area (Å²) in [6.07, 6.45) is 1.33. The van der Waals surface area contributed by atoms with Crippen LogP contribution in [0.15, 0.2) is 12.7 Å². The van der Waals surface area contributed by atoms with E-state index in [1.165, 1.54) is 6.08 Å². The molecule has 0 N–H and O–H groups in total. The van der Waals surface area contributed by atoms with Gasteiger partial charge in [0.15, 0.2) is 0 Å². The third kappa shape index (κ3) is 3.74. The summed E-state index contributed by atoms with van der Waals surface area (Å²) in [5.41, 5.74) is 0.456. The van der Waals surface area contributed by atoms with Crippen molar-refractivity contribution >= 4 is 30.2 Å². The first kappa shape index (κ1) is 19.9. The molecule has 0 aromatic rings. The summed E-state index contributed by atoms with van der Waals surface area (Å²) >= 11 is 0. The molecule has 0 heterocycles. The monoisotopic (exact) mass is 330 g/mol. The second-order valence-corrected chi connectivity index (χ2v) is 25.5. The van der Waals surface area contributed by atoms with Crippen LogP contribution in [0, 0.1) is 0 Å². The van der Waals surface area contributed by atoms with Crippen LogP contribution in [-0.2, 0) is 9.53 Å². The molecule has 20 heavy (non-hydrogen) atoms. The van der Waals surface area contributed by atoms with Gasteiger partial charge < -0.3 is 4.74 Å². The molecule has 1 unspecified atom stereocenters. The van der Waals surface area contributed by atoms with Crippen molar-refractivity contribution in [1.29, 1.82) is 0 Å². The SMILES string of the molecule is C=CC(=O)OC(C(C)[Si](C)(C)C)([Si](C)(C)C)[Si](C)(C)C. The summed E-state index contributed by atoms with van der Waals surface area (Å²) < 4.78 is 6.21. The van der Waals surface area contributed by atoms with Gasteiger partial charge >= 0.3 is 5.97 Å². The number of esters is 1. The highest BCUT2D eigenvalue weighted by Crippen LogP contribution is 2.48. The van der Waals surface area contributed by atoms with E-state index in [0.29, 0.717) is 5.54 Å². The van der Waals surface area contributed by atoms with E-state index in [4.69, 9.17) is 4.74 Å². The molecule has 1 atom stereocenters. The highest BCUT2D eigenvalue weighted by Gasteiger charge is 2.61. The molecule has 0 rings (SSSR count). The van der Waals surface area contributed by atoms with Gasteiger partial charge in [0, 0.05) is 6.08 Å². The molecule has 0 saturated heterocycles. The fourth-order valence-electron chi connectivity index (χ4n) is 3.63. The van der Waals surface area contributed by atoms with Crippen molar-refractivity contribution in [3.8, 4) is 0 Å². The van der Waals surface area contributed by atoms with Crippen LogP contribution in [0.25, 0.3) is 0 Å². The Kier molecular flexibility index (Phi) is 5.89. The fourth-order valence-corrected chi connectivity index (χ4v) is 22.5. The molecule has 5 heteroatoms. The molecule has 0 saturated carbocycles. The number of rotatable bonds is 6. The van der Waals surface area contributed by atoms with Crippen LogP contribution in [0.5, 0.6) is 0 Å². The molecule has 0 aromatic heterocycles. The van der Waals surface area contributed by atoms with Crippen molar-refractivity contribution in [2.24, 2.45) is 0 Å². The Bertz CT molecular complexity index is 356. The van der Waals surface area contributed by atoms with E-state index in [2.05, 4.69) is 72.4 Å². The summed E-state index contributed by atoms with van der Waals surface area (Å²) in [6, 6.07) is 0. The van der Waals surface area contributed by atoms with Gasteiger partial charge in [-0.15, -0.1) is 0 Å². The van der Waals surface area contributed by atoms with Gasteiger partial charge in [-0.25, -0.2) is 4.79 Å². The summed E-state index contributed by atoms with van der Waals surface area (Å²) in [4.78, 5) is 11.8. The molecule has 0 bridgehead atoms. The summed E-state index contributed by atoms with van der Waals surface area (Å²) in [5.74, 6) is -0.250. The van der Waals surface area contributed by atoms with Gasteiger partial charge in [0.05, 0.1) is 29.1 Å². The molecule has 118 valence electrons. The Morgan fingerprint density at radius 2 is 1.35 bits per heavy atom. The molecular formula is C15H34O2Si3. The lowest BCUT2D eigenvalue weighted by Gasteiger charge is -2.57. The lowest BCUT2D eigenvalue weighted by molar-refractivity contribution is -0.142. The van der Waals surface area contributed by atoms with Gasteiger partial charge in [0.25, 0.3) is 0 Å². The van der Waals surface area contributed by atoms with Crippen molar-refractivity contribution in [1.82, 2.24) is 0 Å². The van der Waals surface area contributed by atoms with Crippen LogP contribution in [0.1, 0.15) is 6.92 Å². The third-order valence-electron chi connectivity index (χ3n) is 4.57. The first-order chi connectivity index (χ1) is 8.61. The van der Waals surface area contributed by atoms with Crippen LogP contribution in [0.3, 0.4) is 0 Å². The quantitative estimate of drug-likeness (QED) is 0.392. The minimum absolute atomic E-state index is 0.240. The Morgan fingerprint density at radius 1 is 1.00 bits per heavy atom. The van der Waals surface area contributed by atoms with Crippen molar-refractivity contribution < 1.29 is 9.53 Å². The Hall–Kier alpha value is -0.139. The minimum Gasteiger partial charge on any atom is -0.464 e. The van der Waals surface area contributed by atoms with E-state index in [9.17, 15) is 4.79 Å². The zero-order chi connectivity index (χ0) is 16.6. The first-order valence-electron chi connectivity index (χ1n) is 7.46. The normalized spacial score (nSPS) is 15.7. The van der Waals surface area contributed by atoms with Gasteiger partial charge in [-0.05, 0) is 5.54 Å². The largest absolute Gasteiger partial charge is 0.464 e. The van der Waals surface area contributed by atoms with Crippen LogP contribution in [0.2, 0.25) is 64.5 Å². The van der Waals surface area contributed by atoms with Gasteiger partial charge in [-0.2, -0.15) is 0 Å². The maximum atomic E-state index is 12.1. The molecule has 0 aliphatic rings. The maximum Gasteiger partial charge on any atom is 0.330 e. The molecule has 0 spiro atoms. The second kappa shape index (κ2) is 5.93.